The van der Waals surface area contributed by atoms with Crippen LogP contribution < -0.4 is 10.6 Å². The van der Waals surface area contributed by atoms with Gasteiger partial charge in [-0.3, -0.25) is 9.59 Å². The van der Waals surface area contributed by atoms with Crippen molar-refractivity contribution in [2.24, 2.45) is 5.73 Å². The molecule has 34 heavy (non-hydrogen) atoms. The van der Waals surface area contributed by atoms with Gasteiger partial charge in [-0.25, -0.2) is 8.51 Å². The Morgan fingerprint density at radius 1 is 1.00 bits per heavy atom. The molecule has 2 aliphatic heterocycles. The maximum Gasteiger partial charge on any atom is 0.471 e. The summed E-state index contributed by atoms with van der Waals surface area (Å²) in [5, 5.41) is 0. The molecule has 7 nitrogen and oxygen atoms in total. The zero-order valence-corrected chi connectivity index (χ0v) is 20.3. The van der Waals surface area contributed by atoms with Crippen LogP contribution in [0, 0.1) is 0 Å². The molecule has 2 heterocycles. The molecule has 3 rings (SSSR count). The fourth-order valence-electron chi connectivity index (χ4n) is 4.57. The van der Waals surface area contributed by atoms with Crippen molar-refractivity contribution in [3.63, 3.8) is 0 Å². The molecular weight excluding hydrogens is 469 g/mol. The number of carbonyl (C=O) groups excluding carboxylic acids is 2. The van der Waals surface area contributed by atoms with Crippen molar-refractivity contribution in [3.8, 4) is 0 Å². The summed E-state index contributed by atoms with van der Waals surface area (Å²) in [6.07, 6.45) is -0.663. The fourth-order valence-corrected chi connectivity index (χ4v) is 6.26. The molecule has 2 saturated heterocycles. The van der Waals surface area contributed by atoms with E-state index < -0.39 is 33.7 Å². The summed E-state index contributed by atoms with van der Waals surface area (Å²) in [5.41, 5.74) is 7.98. The summed E-state index contributed by atoms with van der Waals surface area (Å²) in [6.45, 7) is 3.65. The molecule has 1 atom stereocenters. The van der Waals surface area contributed by atoms with E-state index >= 15 is 0 Å². The van der Waals surface area contributed by atoms with E-state index in [1.165, 1.54) is 24.8 Å². The van der Waals surface area contributed by atoms with E-state index in [0.29, 0.717) is 31.1 Å². The van der Waals surface area contributed by atoms with E-state index in [1.807, 2.05) is 0 Å². The number of nitrogens with two attached hydrogens (primary N) is 1. The number of piperidine rings is 1. The van der Waals surface area contributed by atoms with Crippen molar-refractivity contribution in [2.45, 2.75) is 56.4 Å². The average molecular weight is 503 g/mol. The second-order valence-electron chi connectivity index (χ2n) is 8.94. The number of likely N-dealkylation sites (tertiary alicyclic amines) is 1. The summed E-state index contributed by atoms with van der Waals surface area (Å²) in [6, 6.07) is 8.44. The summed E-state index contributed by atoms with van der Waals surface area (Å²) >= 11 is 0. The number of alkyl halides is 3. The van der Waals surface area contributed by atoms with E-state index in [4.69, 9.17) is 5.73 Å². The molecule has 0 radical (unpaired) electrons. The Morgan fingerprint density at radius 3 is 2.09 bits per heavy atom. The first-order valence-corrected chi connectivity index (χ1v) is 12.9. The summed E-state index contributed by atoms with van der Waals surface area (Å²) in [5.74, 6) is -2.74. The van der Waals surface area contributed by atoms with Crippen LogP contribution in [-0.4, -0.2) is 75.4 Å². The molecule has 11 heteroatoms. The van der Waals surface area contributed by atoms with Gasteiger partial charge in [-0.15, -0.1) is 0 Å². The number of aryl methyl sites for hydroxylation is 1. The zero-order chi connectivity index (χ0) is 24.9. The standard InChI is InChI=1S/C23H33F3N4O3S/c1-2-3-4-5-18-6-8-19(9-7-18)28-14-16-30(17-15-28)34(33)22(20(27)31)10-12-29(13-11-22)21(32)23(24,25)26/h6-9H,2-5,10-17H2,1H3,(H2,27,31). The number of benzene rings is 1. The number of carbonyl (C=O) groups is 2. The number of hydrogen-bond acceptors (Lipinski definition) is 4. The fraction of sp³-hybridized carbons (Fsp3) is 0.652. The number of nitrogens with zero attached hydrogens (tertiary/aromatic N) is 3. The van der Waals surface area contributed by atoms with Gasteiger partial charge in [0.25, 0.3) is 0 Å². The van der Waals surface area contributed by atoms with E-state index in [1.54, 1.807) is 4.31 Å². The van der Waals surface area contributed by atoms with Gasteiger partial charge in [-0.1, -0.05) is 31.9 Å². The molecule has 2 amide bonds. The molecule has 1 unspecified atom stereocenters. The van der Waals surface area contributed by atoms with Gasteiger partial charge < -0.3 is 15.5 Å². The second kappa shape index (κ2) is 11.1. The van der Waals surface area contributed by atoms with Gasteiger partial charge in [0, 0.05) is 45.0 Å². The molecule has 2 aliphatic rings. The zero-order valence-electron chi connectivity index (χ0n) is 19.5. The predicted molar refractivity (Wildman–Crippen MR) is 125 cm³/mol. The van der Waals surface area contributed by atoms with Crippen LogP contribution in [0.15, 0.2) is 24.3 Å². The summed E-state index contributed by atoms with van der Waals surface area (Å²) < 4.78 is 51.9. The van der Waals surface area contributed by atoms with Crippen LogP contribution in [0.1, 0.15) is 44.6 Å². The Kier molecular flexibility index (Phi) is 8.62. The van der Waals surface area contributed by atoms with Gasteiger partial charge in [0.15, 0.2) is 0 Å². The van der Waals surface area contributed by atoms with Crippen molar-refractivity contribution in [1.82, 2.24) is 9.21 Å². The third kappa shape index (κ3) is 5.91. The molecular formula is C23H33F3N4O3S. The number of anilines is 1. The Hall–Kier alpha value is -2.14. The van der Waals surface area contributed by atoms with Crippen molar-refractivity contribution in [2.75, 3.05) is 44.2 Å². The maximum atomic E-state index is 13.4. The maximum absolute atomic E-state index is 13.4. The van der Waals surface area contributed by atoms with Gasteiger partial charge >= 0.3 is 12.1 Å². The highest BCUT2D eigenvalue weighted by Crippen LogP contribution is 2.33. The number of unbranched alkanes of at least 4 members (excludes halogenated alkanes) is 2. The lowest BCUT2D eigenvalue weighted by atomic mass is 9.95. The molecule has 1 aromatic carbocycles. The molecule has 0 aliphatic carbocycles. The number of primary amides is 1. The third-order valence-electron chi connectivity index (χ3n) is 6.73. The molecule has 2 N–H and O–H groups in total. The first-order chi connectivity index (χ1) is 16.1. The highest BCUT2D eigenvalue weighted by molar-refractivity contribution is 7.85. The normalized spacial score (nSPS) is 20.2. The smallest absolute Gasteiger partial charge is 0.369 e. The van der Waals surface area contributed by atoms with Crippen LogP contribution in [0.3, 0.4) is 0 Å². The highest BCUT2D eigenvalue weighted by Gasteiger charge is 2.51. The lowest BCUT2D eigenvalue weighted by molar-refractivity contribution is -0.186. The molecule has 1 aromatic rings. The highest BCUT2D eigenvalue weighted by atomic mass is 32.2. The Bertz CT molecular complexity index is 878. The minimum Gasteiger partial charge on any atom is -0.369 e. The second-order valence-corrected chi connectivity index (χ2v) is 10.7. The molecule has 2 fully saturated rings. The van der Waals surface area contributed by atoms with Gasteiger partial charge in [0.05, 0.1) is 0 Å². The van der Waals surface area contributed by atoms with Crippen LogP contribution in [0.4, 0.5) is 18.9 Å². The number of amides is 2. The lowest BCUT2D eigenvalue weighted by Crippen LogP contribution is -2.61. The molecule has 0 bridgehead atoms. The Labute approximate surface area is 201 Å². The largest absolute Gasteiger partial charge is 0.471 e. The van der Waals surface area contributed by atoms with Gasteiger partial charge in [-0.05, 0) is 43.4 Å². The number of halogens is 3. The van der Waals surface area contributed by atoms with E-state index in [-0.39, 0.29) is 25.9 Å². The quantitative estimate of drug-likeness (QED) is 0.554. The van der Waals surface area contributed by atoms with Crippen molar-refractivity contribution in [1.29, 1.82) is 0 Å². The van der Waals surface area contributed by atoms with Crippen LogP contribution in [-0.2, 0) is 27.0 Å². The predicted octanol–water partition coefficient (Wildman–Crippen LogP) is 2.61. The van der Waals surface area contributed by atoms with Gasteiger partial charge in [0.2, 0.25) is 5.91 Å². The molecule has 0 saturated carbocycles. The van der Waals surface area contributed by atoms with Gasteiger partial charge in [0.1, 0.15) is 15.7 Å². The molecule has 190 valence electrons. The lowest BCUT2D eigenvalue weighted by Gasteiger charge is -2.43. The molecule has 0 aromatic heterocycles. The van der Waals surface area contributed by atoms with Crippen LogP contribution in [0.25, 0.3) is 0 Å². The minimum absolute atomic E-state index is 0.156. The first-order valence-electron chi connectivity index (χ1n) is 11.8. The van der Waals surface area contributed by atoms with Crippen molar-refractivity contribution in [3.05, 3.63) is 29.8 Å². The van der Waals surface area contributed by atoms with E-state index in [0.717, 1.165) is 12.1 Å². The third-order valence-corrected chi connectivity index (χ3v) is 8.84. The molecule has 0 spiro atoms. The average Bonchev–Trinajstić information content (AvgIpc) is 2.83. The number of hydrogen-bond donors (Lipinski definition) is 1. The first kappa shape index (κ1) is 26.5. The van der Waals surface area contributed by atoms with Crippen LogP contribution in [0.2, 0.25) is 0 Å². The Morgan fingerprint density at radius 2 is 1.59 bits per heavy atom. The number of piperazine rings is 1. The van der Waals surface area contributed by atoms with Crippen LogP contribution in [0.5, 0.6) is 0 Å². The summed E-state index contributed by atoms with van der Waals surface area (Å²) in [7, 11) is -1.80. The van der Waals surface area contributed by atoms with E-state index in [2.05, 4.69) is 36.1 Å². The van der Waals surface area contributed by atoms with Crippen LogP contribution >= 0.6 is 0 Å². The summed E-state index contributed by atoms with van der Waals surface area (Å²) in [4.78, 5) is 26.7. The van der Waals surface area contributed by atoms with Crippen molar-refractivity contribution >= 4 is 28.5 Å². The monoisotopic (exact) mass is 502 g/mol. The van der Waals surface area contributed by atoms with E-state index in [9.17, 15) is 27.0 Å². The minimum atomic E-state index is -4.98. The topological polar surface area (TPSA) is 86.9 Å². The van der Waals surface area contributed by atoms with Gasteiger partial charge in [-0.2, -0.15) is 13.2 Å². The Balaban J connectivity index is 1.58. The SMILES string of the molecule is CCCCCc1ccc(N2CCN(S(=O)C3(C(N)=O)CCN(C(=O)C(F)(F)F)CC3)CC2)cc1. The van der Waals surface area contributed by atoms with Crippen molar-refractivity contribution < 1.29 is 27.0 Å². The number of rotatable bonds is 8.